The van der Waals surface area contributed by atoms with Gasteiger partial charge < -0.3 is 10.1 Å². The predicted molar refractivity (Wildman–Crippen MR) is 89.2 cm³/mol. The largest absolute Gasteiger partial charge is 0.478 e. The number of carbonyl (C=O) groups is 1. The molecule has 0 saturated heterocycles. The van der Waals surface area contributed by atoms with Gasteiger partial charge in [0.05, 0.1) is 11.5 Å². The maximum Gasteiger partial charge on any atom is 0.435 e. The number of ether oxygens (including phenoxy) is 1. The Hall–Kier alpha value is -2.56. The Morgan fingerprint density at radius 2 is 2.11 bits per heavy atom. The first-order chi connectivity index (χ1) is 12.6. The molecule has 27 heavy (non-hydrogen) atoms. The molecule has 11 heteroatoms. The first-order valence-electron chi connectivity index (χ1n) is 7.95. The van der Waals surface area contributed by atoms with Crippen molar-refractivity contribution in [3.8, 4) is 5.88 Å². The minimum absolute atomic E-state index is 0.0134. The molecule has 1 aliphatic rings. The van der Waals surface area contributed by atoms with Gasteiger partial charge in [0, 0.05) is 17.5 Å². The molecule has 146 valence electrons. The van der Waals surface area contributed by atoms with Gasteiger partial charge in [-0.05, 0) is 31.0 Å². The summed E-state index contributed by atoms with van der Waals surface area (Å²) in [4.78, 5) is 12.2. The van der Waals surface area contributed by atoms with Gasteiger partial charge in [0.15, 0.2) is 15.5 Å². The predicted octanol–water partition coefficient (Wildman–Crippen LogP) is 2.27. The molecule has 1 aromatic heterocycles. The maximum absolute atomic E-state index is 13.1. The number of anilines is 1. The minimum atomic E-state index is -4.64. The number of halogens is 3. The molecule has 1 aliphatic heterocycles. The fraction of sp³-hybridized carbons (Fsp3) is 0.375. The molecule has 0 unspecified atom stereocenters. The third kappa shape index (κ3) is 4.24. The van der Waals surface area contributed by atoms with E-state index in [1.807, 2.05) is 0 Å². The molecule has 0 spiro atoms. The van der Waals surface area contributed by atoms with E-state index in [0.717, 1.165) is 10.9 Å². The van der Waals surface area contributed by atoms with E-state index in [0.29, 0.717) is 6.42 Å². The molecule has 1 amide bonds. The van der Waals surface area contributed by atoms with Gasteiger partial charge in [0.2, 0.25) is 11.8 Å². The summed E-state index contributed by atoms with van der Waals surface area (Å²) in [5, 5.41) is 5.97. The number of benzene rings is 1. The van der Waals surface area contributed by atoms with Crippen molar-refractivity contribution in [2.75, 3.05) is 18.2 Å². The molecule has 7 nitrogen and oxygen atoms in total. The molecule has 0 bridgehead atoms. The zero-order valence-corrected chi connectivity index (χ0v) is 15.0. The van der Waals surface area contributed by atoms with Crippen LogP contribution in [0.1, 0.15) is 17.7 Å². The molecule has 1 N–H and O–H groups in total. The molecule has 0 fully saturated rings. The Bertz CT molecular complexity index is 983. The highest BCUT2D eigenvalue weighted by molar-refractivity contribution is 7.90. The van der Waals surface area contributed by atoms with Crippen LogP contribution in [0, 0.1) is 0 Å². The second-order valence-corrected chi connectivity index (χ2v) is 8.10. The number of nitrogens with zero attached hydrogens (tertiary/aromatic N) is 2. The molecular weight excluding hydrogens is 387 g/mol. The second-order valence-electron chi connectivity index (χ2n) is 6.09. The fourth-order valence-corrected chi connectivity index (χ4v) is 3.43. The van der Waals surface area contributed by atoms with Crippen LogP contribution in [0.5, 0.6) is 5.88 Å². The summed E-state index contributed by atoms with van der Waals surface area (Å²) in [5.74, 6) is -0.720. The van der Waals surface area contributed by atoms with Crippen molar-refractivity contribution in [2.24, 2.45) is 0 Å². The summed E-state index contributed by atoms with van der Waals surface area (Å²) in [6.45, 7) is -0.254. The van der Waals surface area contributed by atoms with Gasteiger partial charge in [0.1, 0.15) is 6.54 Å². The topological polar surface area (TPSA) is 90.3 Å². The van der Waals surface area contributed by atoms with E-state index >= 15 is 0 Å². The number of sulfone groups is 1. The molecule has 1 aromatic carbocycles. The van der Waals surface area contributed by atoms with Crippen molar-refractivity contribution >= 4 is 21.4 Å². The van der Waals surface area contributed by atoms with E-state index in [-0.39, 0.29) is 35.1 Å². The van der Waals surface area contributed by atoms with Gasteiger partial charge in [-0.3, -0.25) is 4.79 Å². The zero-order valence-electron chi connectivity index (χ0n) is 14.2. The number of aromatic nitrogens is 2. The zero-order chi connectivity index (χ0) is 19.8. The third-order valence-corrected chi connectivity index (χ3v) is 5.03. The number of hydrogen-bond donors (Lipinski definition) is 1. The molecule has 2 aromatic rings. The van der Waals surface area contributed by atoms with Crippen LogP contribution in [0.2, 0.25) is 0 Å². The van der Waals surface area contributed by atoms with E-state index in [9.17, 15) is 26.4 Å². The normalized spacial score (nSPS) is 14.4. The molecule has 0 atom stereocenters. The summed E-state index contributed by atoms with van der Waals surface area (Å²) in [6, 6.07) is 5.57. The Morgan fingerprint density at radius 3 is 2.78 bits per heavy atom. The van der Waals surface area contributed by atoms with Crippen LogP contribution in [0.3, 0.4) is 0 Å². The van der Waals surface area contributed by atoms with Crippen LogP contribution < -0.4 is 10.1 Å². The van der Waals surface area contributed by atoms with Crippen LogP contribution in [0.4, 0.5) is 18.9 Å². The van der Waals surface area contributed by atoms with E-state index in [1.54, 1.807) is 0 Å². The minimum Gasteiger partial charge on any atom is -0.478 e. The van der Waals surface area contributed by atoms with E-state index < -0.39 is 34.2 Å². The number of nitrogens with one attached hydrogen (secondary N) is 1. The summed E-state index contributed by atoms with van der Waals surface area (Å²) >= 11 is 0. The number of carbonyl (C=O) groups excluding carboxylic acids is 1. The highest BCUT2D eigenvalue weighted by Crippen LogP contribution is 2.38. The van der Waals surface area contributed by atoms with Gasteiger partial charge in [-0.2, -0.15) is 18.3 Å². The first kappa shape index (κ1) is 19.2. The molecule has 0 aliphatic carbocycles. The lowest BCUT2D eigenvalue weighted by Crippen LogP contribution is -2.21. The SMILES string of the molecule is CS(=O)(=O)c1cccc(NC(=O)Cn2nc(C(F)(F)F)c3c2OCCC3)c1. The maximum atomic E-state index is 13.1. The van der Waals surface area contributed by atoms with Gasteiger partial charge >= 0.3 is 6.18 Å². The molecule has 0 saturated carbocycles. The van der Waals surface area contributed by atoms with Gasteiger partial charge in [0.25, 0.3) is 0 Å². The number of fused-ring (bicyclic) bond motifs is 1. The summed E-state index contributed by atoms with van der Waals surface area (Å²) in [5.41, 5.74) is -0.898. The van der Waals surface area contributed by atoms with Crippen molar-refractivity contribution < 1.29 is 31.1 Å². The van der Waals surface area contributed by atoms with Gasteiger partial charge in [-0.1, -0.05) is 6.07 Å². The summed E-state index contributed by atoms with van der Waals surface area (Å²) < 4.78 is 68.7. The standard InChI is InChI=1S/C16H16F3N3O4S/c1-27(24,25)11-5-2-4-10(8-11)20-13(23)9-22-15-12(6-3-7-26-15)14(21-22)16(17,18)19/h2,4-5,8H,3,6-7,9H2,1H3,(H,20,23). The quantitative estimate of drug-likeness (QED) is 0.846. The van der Waals surface area contributed by atoms with Crippen LogP contribution in [-0.4, -0.2) is 37.0 Å². The highest BCUT2D eigenvalue weighted by atomic mass is 32.2. The molecule has 2 heterocycles. The first-order valence-corrected chi connectivity index (χ1v) is 9.84. The second kappa shape index (κ2) is 6.87. The summed E-state index contributed by atoms with van der Waals surface area (Å²) in [6.07, 6.45) is -3.01. The van der Waals surface area contributed by atoms with Crippen LogP contribution >= 0.6 is 0 Å². The smallest absolute Gasteiger partial charge is 0.435 e. The van der Waals surface area contributed by atoms with Crippen LogP contribution in [0.25, 0.3) is 0 Å². The monoisotopic (exact) mass is 403 g/mol. The Labute approximate surface area is 153 Å². The third-order valence-electron chi connectivity index (χ3n) is 3.92. The Balaban J connectivity index is 1.82. The summed E-state index contributed by atoms with van der Waals surface area (Å²) in [7, 11) is -3.46. The van der Waals surface area contributed by atoms with E-state index in [4.69, 9.17) is 4.74 Å². The van der Waals surface area contributed by atoms with E-state index in [1.165, 1.54) is 24.3 Å². The number of alkyl halides is 3. The lowest BCUT2D eigenvalue weighted by molar-refractivity contribution is -0.142. The fourth-order valence-electron chi connectivity index (χ4n) is 2.76. The van der Waals surface area contributed by atoms with Crippen LogP contribution in [-0.2, 0) is 33.8 Å². The highest BCUT2D eigenvalue weighted by Gasteiger charge is 2.40. The Kier molecular flexibility index (Phi) is 4.89. The lowest BCUT2D eigenvalue weighted by atomic mass is 10.1. The molecule has 0 radical (unpaired) electrons. The van der Waals surface area contributed by atoms with Crippen LogP contribution in [0.15, 0.2) is 29.2 Å². The lowest BCUT2D eigenvalue weighted by Gasteiger charge is -2.16. The van der Waals surface area contributed by atoms with Gasteiger partial charge in [-0.25, -0.2) is 13.1 Å². The number of hydrogen-bond acceptors (Lipinski definition) is 5. The van der Waals surface area contributed by atoms with E-state index in [2.05, 4.69) is 10.4 Å². The average Bonchev–Trinajstić information content (AvgIpc) is 2.93. The number of rotatable bonds is 4. The van der Waals surface area contributed by atoms with Crippen molar-refractivity contribution in [2.45, 2.75) is 30.5 Å². The Morgan fingerprint density at radius 1 is 1.37 bits per heavy atom. The van der Waals surface area contributed by atoms with Crippen molar-refractivity contribution in [3.05, 3.63) is 35.5 Å². The molecule has 3 rings (SSSR count). The molecular formula is C16H16F3N3O4S. The average molecular weight is 403 g/mol. The van der Waals surface area contributed by atoms with Crippen molar-refractivity contribution in [1.29, 1.82) is 0 Å². The van der Waals surface area contributed by atoms with Crippen molar-refractivity contribution in [1.82, 2.24) is 9.78 Å². The number of amides is 1. The van der Waals surface area contributed by atoms with Gasteiger partial charge in [-0.15, -0.1) is 0 Å². The van der Waals surface area contributed by atoms with Crippen molar-refractivity contribution in [3.63, 3.8) is 0 Å².